The van der Waals surface area contributed by atoms with Crippen molar-refractivity contribution >= 4 is 29.0 Å². The monoisotopic (exact) mass is 257 g/mol. The first-order valence-electron chi connectivity index (χ1n) is 4.52. The Hall–Kier alpha value is -1.39. The second-order valence-electron chi connectivity index (χ2n) is 3.13. The number of nitrogens with zero attached hydrogens (tertiary/aromatic N) is 2. The molecule has 0 aliphatic rings. The Morgan fingerprint density at radius 2 is 2.12 bits per heavy atom. The molecule has 1 aromatic heterocycles. The topological polar surface area (TPSA) is 53.1 Å². The van der Waals surface area contributed by atoms with Crippen LogP contribution in [0.25, 0.3) is 0 Å². The maximum Gasteiger partial charge on any atom is 0.181 e. The molecule has 16 heavy (non-hydrogen) atoms. The van der Waals surface area contributed by atoms with Crippen molar-refractivity contribution in [3.8, 4) is 5.75 Å². The Kier molecular flexibility index (Phi) is 3.22. The number of nitrogens with two attached hydrogens (primary N) is 1. The molecule has 0 bridgehead atoms. The van der Waals surface area contributed by atoms with Crippen LogP contribution >= 0.6 is 23.2 Å². The first-order chi connectivity index (χ1) is 7.65. The minimum Gasteiger partial charge on any atom is -0.470 e. The molecule has 0 amide bonds. The molecular formula is C10H9Cl2N3O. The van der Waals surface area contributed by atoms with Crippen molar-refractivity contribution in [1.29, 1.82) is 0 Å². The molecule has 1 aromatic carbocycles. The maximum absolute atomic E-state index is 5.93. The zero-order valence-electron chi connectivity index (χ0n) is 8.23. The Morgan fingerprint density at radius 1 is 1.31 bits per heavy atom. The van der Waals surface area contributed by atoms with Crippen LogP contribution < -0.4 is 10.5 Å². The van der Waals surface area contributed by atoms with Gasteiger partial charge < -0.3 is 10.5 Å². The molecule has 2 aromatic rings. The maximum atomic E-state index is 5.93. The number of benzene rings is 1. The van der Waals surface area contributed by atoms with E-state index < -0.39 is 0 Å². The molecule has 0 unspecified atom stereocenters. The molecule has 0 fully saturated rings. The molecule has 0 aliphatic heterocycles. The predicted octanol–water partition coefficient (Wildman–Crippen LogP) is 2.81. The van der Waals surface area contributed by atoms with E-state index in [9.17, 15) is 0 Å². The van der Waals surface area contributed by atoms with Crippen LogP contribution in [0.4, 0.5) is 5.82 Å². The highest BCUT2D eigenvalue weighted by atomic mass is 35.5. The van der Waals surface area contributed by atoms with Gasteiger partial charge in [0.25, 0.3) is 0 Å². The first kappa shape index (κ1) is 11.1. The molecule has 4 nitrogen and oxygen atoms in total. The van der Waals surface area contributed by atoms with Crippen molar-refractivity contribution in [3.63, 3.8) is 0 Å². The Morgan fingerprint density at radius 3 is 2.81 bits per heavy atom. The van der Waals surface area contributed by atoms with Crippen LogP contribution in [0, 0.1) is 0 Å². The van der Waals surface area contributed by atoms with Crippen molar-refractivity contribution < 1.29 is 4.74 Å². The lowest BCUT2D eigenvalue weighted by molar-refractivity contribution is 0.221. The summed E-state index contributed by atoms with van der Waals surface area (Å²) in [7, 11) is 0. The average molecular weight is 258 g/mol. The van der Waals surface area contributed by atoms with Crippen LogP contribution in [0.1, 0.15) is 0 Å². The van der Waals surface area contributed by atoms with Crippen molar-refractivity contribution in [1.82, 2.24) is 9.78 Å². The van der Waals surface area contributed by atoms with E-state index in [1.165, 1.54) is 0 Å². The summed E-state index contributed by atoms with van der Waals surface area (Å²) in [6.07, 6.45) is 1.72. The minimum atomic E-state index is 0.233. The number of hydrogen-bond acceptors (Lipinski definition) is 3. The highest BCUT2D eigenvalue weighted by molar-refractivity contribution is 6.34. The summed E-state index contributed by atoms with van der Waals surface area (Å²) in [6.45, 7) is 0.233. The predicted molar refractivity (Wildman–Crippen MR) is 63.7 cm³/mol. The number of ether oxygens (including phenoxy) is 1. The lowest BCUT2D eigenvalue weighted by Gasteiger charge is -2.08. The van der Waals surface area contributed by atoms with Gasteiger partial charge in [-0.2, -0.15) is 5.10 Å². The van der Waals surface area contributed by atoms with E-state index in [0.717, 1.165) is 0 Å². The third kappa shape index (κ3) is 2.59. The van der Waals surface area contributed by atoms with E-state index in [-0.39, 0.29) is 6.73 Å². The summed E-state index contributed by atoms with van der Waals surface area (Å²) in [5.41, 5.74) is 5.47. The summed E-state index contributed by atoms with van der Waals surface area (Å²) < 4.78 is 7.01. The number of halogens is 2. The smallest absolute Gasteiger partial charge is 0.181 e. The van der Waals surface area contributed by atoms with Gasteiger partial charge in [0.2, 0.25) is 0 Å². The van der Waals surface area contributed by atoms with Crippen LogP contribution in [0.3, 0.4) is 0 Å². The number of hydrogen-bond donors (Lipinski definition) is 1. The van der Waals surface area contributed by atoms with E-state index in [0.29, 0.717) is 21.6 Å². The van der Waals surface area contributed by atoms with Crippen molar-refractivity contribution in [3.05, 3.63) is 40.5 Å². The largest absolute Gasteiger partial charge is 0.470 e. The standard InChI is InChI=1S/C10H9Cl2N3O/c11-7-1-2-8(12)9(5-7)16-6-15-4-3-10(13)14-15/h1-5H,6H2,(H2,13,14). The highest BCUT2D eigenvalue weighted by Crippen LogP contribution is 2.27. The van der Waals surface area contributed by atoms with E-state index in [4.69, 9.17) is 33.7 Å². The summed E-state index contributed by atoms with van der Waals surface area (Å²) in [5, 5.41) is 5.04. The molecule has 0 saturated carbocycles. The zero-order chi connectivity index (χ0) is 11.5. The van der Waals surface area contributed by atoms with Crippen molar-refractivity contribution in [2.45, 2.75) is 6.73 Å². The first-order valence-corrected chi connectivity index (χ1v) is 5.27. The Bertz CT molecular complexity index is 499. The van der Waals surface area contributed by atoms with Crippen LogP contribution in [0.5, 0.6) is 5.75 Å². The minimum absolute atomic E-state index is 0.233. The van der Waals surface area contributed by atoms with Gasteiger partial charge in [0.15, 0.2) is 6.73 Å². The van der Waals surface area contributed by atoms with Gasteiger partial charge in [-0.1, -0.05) is 23.2 Å². The van der Waals surface area contributed by atoms with Gasteiger partial charge in [0.05, 0.1) is 5.02 Å². The van der Waals surface area contributed by atoms with Crippen LogP contribution in [0.15, 0.2) is 30.5 Å². The van der Waals surface area contributed by atoms with Gasteiger partial charge in [0.1, 0.15) is 11.6 Å². The molecule has 0 radical (unpaired) electrons. The average Bonchev–Trinajstić information content (AvgIpc) is 2.66. The van der Waals surface area contributed by atoms with E-state index in [1.54, 1.807) is 35.1 Å². The van der Waals surface area contributed by atoms with Gasteiger partial charge in [-0.3, -0.25) is 0 Å². The van der Waals surface area contributed by atoms with E-state index in [2.05, 4.69) is 5.10 Å². The molecule has 1 heterocycles. The summed E-state index contributed by atoms with van der Waals surface area (Å²) >= 11 is 11.8. The zero-order valence-corrected chi connectivity index (χ0v) is 9.74. The van der Waals surface area contributed by atoms with Gasteiger partial charge in [-0.05, 0) is 12.1 Å². The Balaban J connectivity index is 2.07. The number of aromatic nitrogens is 2. The summed E-state index contributed by atoms with van der Waals surface area (Å²) in [6, 6.07) is 6.71. The van der Waals surface area contributed by atoms with Crippen molar-refractivity contribution in [2.24, 2.45) is 0 Å². The fourth-order valence-corrected chi connectivity index (χ4v) is 1.51. The van der Waals surface area contributed by atoms with Crippen LogP contribution in [0.2, 0.25) is 10.0 Å². The molecule has 0 spiro atoms. The van der Waals surface area contributed by atoms with Gasteiger partial charge >= 0.3 is 0 Å². The molecular weight excluding hydrogens is 249 g/mol. The molecule has 2 N–H and O–H groups in total. The third-order valence-corrected chi connectivity index (χ3v) is 2.45. The van der Waals surface area contributed by atoms with Gasteiger partial charge in [0, 0.05) is 23.4 Å². The van der Waals surface area contributed by atoms with E-state index in [1.807, 2.05) is 0 Å². The summed E-state index contributed by atoms with van der Waals surface area (Å²) in [5.74, 6) is 0.962. The summed E-state index contributed by atoms with van der Waals surface area (Å²) in [4.78, 5) is 0. The van der Waals surface area contributed by atoms with Gasteiger partial charge in [-0.15, -0.1) is 0 Å². The molecule has 0 aliphatic carbocycles. The van der Waals surface area contributed by atoms with E-state index >= 15 is 0 Å². The normalized spacial score (nSPS) is 10.4. The highest BCUT2D eigenvalue weighted by Gasteiger charge is 2.03. The van der Waals surface area contributed by atoms with Gasteiger partial charge in [-0.25, -0.2) is 4.68 Å². The van der Waals surface area contributed by atoms with Crippen LogP contribution in [-0.2, 0) is 6.73 Å². The number of rotatable bonds is 3. The molecule has 0 atom stereocenters. The molecule has 0 saturated heterocycles. The number of anilines is 1. The Labute approximate surface area is 103 Å². The van der Waals surface area contributed by atoms with Crippen LogP contribution in [-0.4, -0.2) is 9.78 Å². The number of nitrogen functional groups attached to an aromatic ring is 1. The third-order valence-electron chi connectivity index (χ3n) is 1.91. The lowest BCUT2D eigenvalue weighted by atomic mass is 10.3. The SMILES string of the molecule is Nc1ccn(COc2cc(Cl)ccc2Cl)n1. The fourth-order valence-electron chi connectivity index (χ4n) is 1.17. The molecule has 84 valence electrons. The fraction of sp³-hybridized carbons (Fsp3) is 0.100. The quantitative estimate of drug-likeness (QED) is 0.920. The lowest BCUT2D eigenvalue weighted by Crippen LogP contribution is -2.06. The second-order valence-corrected chi connectivity index (χ2v) is 3.97. The van der Waals surface area contributed by atoms with Crippen molar-refractivity contribution in [2.75, 3.05) is 5.73 Å². The molecule has 2 rings (SSSR count). The second kappa shape index (κ2) is 4.63. The molecule has 6 heteroatoms.